The first-order valence-electron chi connectivity index (χ1n) is 5.86. The summed E-state index contributed by atoms with van der Waals surface area (Å²) in [7, 11) is 0. The number of hydrogen-bond acceptors (Lipinski definition) is 1. The van der Waals surface area contributed by atoms with Crippen molar-refractivity contribution >= 4 is 5.69 Å². The number of nitrogens with two attached hydrogens (primary N) is 1. The third-order valence-electron chi connectivity index (χ3n) is 3.15. The van der Waals surface area contributed by atoms with Crippen LogP contribution in [0.15, 0.2) is 18.2 Å². The second-order valence-corrected chi connectivity index (χ2v) is 5.82. The standard InChI is InChI=1S/C14H21N/c1-14(2,3)12-7-6-11(9-13(12)15)8-10-4-5-10/h6-7,9-10H,4-5,8,15H2,1-3H3. The highest BCUT2D eigenvalue weighted by Crippen LogP contribution is 2.34. The van der Waals surface area contributed by atoms with E-state index in [9.17, 15) is 0 Å². The van der Waals surface area contributed by atoms with Crippen LogP contribution >= 0.6 is 0 Å². The van der Waals surface area contributed by atoms with E-state index in [0.717, 1.165) is 11.6 Å². The molecule has 0 spiro atoms. The summed E-state index contributed by atoms with van der Waals surface area (Å²) in [6, 6.07) is 6.61. The summed E-state index contributed by atoms with van der Waals surface area (Å²) >= 11 is 0. The topological polar surface area (TPSA) is 26.0 Å². The molecule has 0 aromatic heterocycles. The molecule has 0 radical (unpaired) electrons. The van der Waals surface area contributed by atoms with Gasteiger partial charge in [0.1, 0.15) is 0 Å². The maximum atomic E-state index is 6.10. The van der Waals surface area contributed by atoms with Crippen LogP contribution in [0.4, 0.5) is 5.69 Å². The number of anilines is 1. The molecule has 1 aromatic rings. The molecule has 0 bridgehead atoms. The van der Waals surface area contributed by atoms with Crippen molar-refractivity contribution in [2.45, 2.75) is 45.4 Å². The van der Waals surface area contributed by atoms with Crippen molar-refractivity contribution in [3.63, 3.8) is 0 Å². The Labute approximate surface area is 92.7 Å². The minimum absolute atomic E-state index is 0.155. The van der Waals surface area contributed by atoms with Gasteiger partial charge in [-0.05, 0) is 47.8 Å². The van der Waals surface area contributed by atoms with Crippen LogP contribution in [0.2, 0.25) is 0 Å². The lowest BCUT2D eigenvalue weighted by molar-refractivity contribution is 0.592. The molecular formula is C14H21N. The number of nitrogen functional groups attached to an aromatic ring is 1. The quantitative estimate of drug-likeness (QED) is 0.731. The second-order valence-electron chi connectivity index (χ2n) is 5.82. The fourth-order valence-electron chi connectivity index (χ4n) is 2.08. The molecule has 1 aromatic carbocycles. The van der Waals surface area contributed by atoms with Crippen LogP contribution in [0.25, 0.3) is 0 Å². The monoisotopic (exact) mass is 203 g/mol. The zero-order valence-corrected chi connectivity index (χ0v) is 10.0. The molecule has 0 atom stereocenters. The van der Waals surface area contributed by atoms with Crippen LogP contribution in [0, 0.1) is 5.92 Å². The van der Waals surface area contributed by atoms with E-state index in [4.69, 9.17) is 5.73 Å². The molecule has 0 unspecified atom stereocenters. The van der Waals surface area contributed by atoms with Crippen LogP contribution in [0.5, 0.6) is 0 Å². The SMILES string of the molecule is CC(C)(C)c1ccc(CC2CC2)cc1N. The van der Waals surface area contributed by atoms with Gasteiger partial charge < -0.3 is 5.73 Å². The molecule has 1 nitrogen and oxygen atoms in total. The first-order chi connectivity index (χ1) is 6.97. The molecule has 1 fully saturated rings. The smallest absolute Gasteiger partial charge is 0.0354 e. The van der Waals surface area contributed by atoms with Crippen molar-refractivity contribution in [2.75, 3.05) is 5.73 Å². The van der Waals surface area contributed by atoms with Gasteiger partial charge in [0.25, 0.3) is 0 Å². The predicted molar refractivity (Wildman–Crippen MR) is 66.0 cm³/mol. The molecule has 2 rings (SSSR count). The molecule has 0 heterocycles. The van der Waals surface area contributed by atoms with Crippen LogP contribution < -0.4 is 5.73 Å². The Morgan fingerprint density at radius 3 is 2.40 bits per heavy atom. The molecule has 82 valence electrons. The predicted octanol–water partition coefficient (Wildman–Crippen LogP) is 3.52. The molecule has 15 heavy (non-hydrogen) atoms. The van der Waals surface area contributed by atoms with E-state index in [0.29, 0.717) is 0 Å². The fraction of sp³-hybridized carbons (Fsp3) is 0.571. The minimum Gasteiger partial charge on any atom is -0.398 e. The lowest BCUT2D eigenvalue weighted by atomic mass is 9.85. The normalized spacial score (nSPS) is 16.7. The number of benzene rings is 1. The Kier molecular flexibility index (Phi) is 2.49. The van der Waals surface area contributed by atoms with Gasteiger partial charge in [0.2, 0.25) is 0 Å². The molecule has 0 saturated heterocycles. The third kappa shape index (κ3) is 2.53. The van der Waals surface area contributed by atoms with E-state index in [1.807, 2.05) is 0 Å². The average molecular weight is 203 g/mol. The Morgan fingerprint density at radius 2 is 1.93 bits per heavy atom. The van der Waals surface area contributed by atoms with Crippen molar-refractivity contribution in [3.05, 3.63) is 29.3 Å². The summed E-state index contributed by atoms with van der Waals surface area (Å²) in [4.78, 5) is 0. The lowest BCUT2D eigenvalue weighted by Crippen LogP contribution is -2.14. The molecule has 1 aliphatic rings. The Hall–Kier alpha value is -0.980. The van der Waals surface area contributed by atoms with Crippen LogP contribution in [-0.4, -0.2) is 0 Å². The van der Waals surface area contributed by atoms with E-state index in [1.165, 1.54) is 30.4 Å². The van der Waals surface area contributed by atoms with Crippen molar-refractivity contribution in [1.82, 2.24) is 0 Å². The summed E-state index contributed by atoms with van der Waals surface area (Å²) in [5.41, 5.74) is 9.89. The summed E-state index contributed by atoms with van der Waals surface area (Å²) in [5.74, 6) is 0.935. The van der Waals surface area contributed by atoms with E-state index < -0.39 is 0 Å². The Morgan fingerprint density at radius 1 is 1.27 bits per heavy atom. The van der Waals surface area contributed by atoms with E-state index in [-0.39, 0.29) is 5.41 Å². The van der Waals surface area contributed by atoms with Crippen molar-refractivity contribution in [3.8, 4) is 0 Å². The van der Waals surface area contributed by atoms with Gasteiger partial charge in [-0.2, -0.15) is 0 Å². The zero-order valence-electron chi connectivity index (χ0n) is 10.0. The van der Waals surface area contributed by atoms with Gasteiger partial charge in [-0.15, -0.1) is 0 Å². The highest BCUT2D eigenvalue weighted by Gasteiger charge is 2.22. The van der Waals surface area contributed by atoms with Crippen molar-refractivity contribution < 1.29 is 0 Å². The van der Waals surface area contributed by atoms with Gasteiger partial charge in [-0.1, -0.05) is 32.9 Å². The van der Waals surface area contributed by atoms with Crippen LogP contribution in [0.1, 0.15) is 44.7 Å². The first-order valence-corrected chi connectivity index (χ1v) is 5.86. The van der Waals surface area contributed by atoms with E-state index in [2.05, 4.69) is 39.0 Å². The first kappa shape index (κ1) is 10.5. The van der Waals surface area contributed by atoms with Gasteiger partial charge in [-0.3, -0.25) is 0 Å². The Balaban J connectivity index is 2.21. The molecular weight excluding hydrogens is 182 g/mol. The second kappa shape index (κ2) is 3.55. The maximum Gasteiger partial charge on any atom is 0.0354 e. The molecule has 0 aliphatic heterocycles. The fourth-order valence-corrected chi connectivity index (χ4v) is 2.08. The van der Waals surface area contributed by atoms with Gasteiger partial charge in [0.05, 0.1) is 0 Å². The minimum atomic E-state index is 0.155. The van der Waals surface area contributed by atoms with Crippen LogP contribution in [-0.2, 0) is 11.8 Å². The average Bonchev–Trinajstić information content (AvgIpc) is 2.85. The molecule has 1 aliphatic carbocycles. The summed E-state index contributed by atoms with van der Waals surface area (Å²) in [6.45, 7) is 6.62. The molecule has 1 saturated carbocycles. The molecule has 0 amide bonds. The van der Waals surface area contributed by atoms with E-state index in [1.54, 1.807) is 0 Å². The van der Waals surface area contributed by atoms with Crippen molar-refractivity contribution in [1.29, 1.82) is 0 Å². The zero-order chi connectivity index (χ0) is 11.1. The molecule has 2 N–H and O–H groups in total. The third-order valence-corrected chi connectivity index (χ3v) is 3.15. The van der Waals surface area contributed by atoms with E-state index >= 15 is 0 Å². The highest BCUT2D eigenvalue weighted by atomic mass is 14.6. The lowest BCUT2D eigenvalue weighted by Gasteiger charge is -2.21. The summed E-state index contributed by atoms with van der Waals surface area (Å²) in [6.07, 6.45) is 4.02. The number of hydrogen-bond donors (Lipinski definition) is 1. The number of rotatable bonds is 2. The summed E-state index contributed by atoms with van der Waals surface area (Å²) in [5, 5.41) is 0. The van der Waals surface area contributed by atoms with Crippen LogP contribution in [0.3, 0.4) is 0 Å². The van der Waals surface area contributed by atoms with Gasteiger partial charge in [0.15, 0.2) is 0 Å². The molecule has 1 heteroatoms. The van der Waals surface area contributed by atoms with Gasteiger partial charge in [-0.25, -0.2) is 0 Å². The van der Waals surface area contributed by atoms with Gasteiger partial charge >= 0.3 is 0 Å². The summed E-state index contributed by atoms with van der Waals surface area (Å²) < 4.78 is 0. The van der Waals surface area contributed by atoms with Crippen molar-refractivity contribution in [2.24, 2.45) is 5.92 Å². The van der Waals surface area contributed by atoms with Gasteiger partial charge in [0, 0.05) is 5.69 Å². The largest absolute Gasteiger partial charge is 0.398 e. The maximum absolute atomic E-state index is 6.10. The Bertz CT molecular complexity index is 356. The highest BCUT2D eigenvalue weighted by molar-refractivity contribution is 5.52.